The van der Waals surface area contributed by atoms with Gasteiger partial charge in [0.2, 0.25) is 0 Å². The van der Waals surface area contributed by atoms with E-state index >= 15 is 0 Å². The van der Waals surface area contributed by atoms with E-state index in [0.717, 1.165) is 50.7 Å². The molecule has 1 saturated heterocycles. The van der Waals surface area contributed by atoms with E-state index in [9.17, 15) is 0 Å². The van der Waals surface area contributed by atoms with Gasteiger partial charge in [0.15, 0.2) is 0 Å². The lowest BCUT2D eigenvalue weighted by Gasteiger charge is -2.32. The van der Waals surface area contributed by atoms with Crippen LogP contribution in [0.5, 0.6) is 0 Å². The van der Waals surface area contributed by atoms with Crippen LogP contribution in [0.2, 0.25) is 0 Å². The van der Waals surface area contributed by atoms with Gasteiger partial charge in [0, 0.05) is 30.9 Å². The first-order valence-electron chi connectivity index (χ1n) is 7.66. The average molecular weight is 277 g/mol. The molecule has 4 nitrogen and oxygen atoms in total. The maximum Gasteiger partial charge on any atom is 0.0620 e. The van der Waals surface area contributed by atoms with Crippen LogP contribution >= 0.6 is 0 Å². The van der Waals surface area contributed by atoms with E-state index in [1.54, 1.807) is 0 Å². The highest BCUT2D eigenvalue weighted by Crippen LogP contribution is 2.12. The van der Waals surface area contributed by atoms with Gasteiger partial charge in [0.05, 0.1) is 18.9 Å². The van der Waals surface area contributed by atoms with Gasteiger partial charge >= 0.3 is 0 Å². The van der Waals surface area contributed by atoms with Gasteiger partial charge in [-0.15, -0.1) is 0 Å². The molecule has 0 spiro atoms. The zero-order valence-electron chi connectivity index (χ0n) is 12.9. The number of ether oxygens (including phenoxy) is 1. The smallest absolute Gasteiger partial charge is 0.0620 e. The lowest BCUT2D eigenvalue weighted by atomic mass is 10.1. The standard InChI is InChI=1S/C16H27N3O/c1-4-19(11-15-7-5-6-13(2)18-15)14(3)10-16-12-20-9-8-17-16/h5-7,14,16-17H,4,8-12H2,1-3H3. The van der Waals surface area contributed by atoms with Gasteiger partial charge in [0.25, 0.3) is 0 Å². The van der Waals surface area contributed by atoms with Crippen molar-refractivity contribution in [3.8, 4) is 0 Å². The van der Waals surface area contributed by atoms with E-state index in [-0.39, 0.29) is 0 Å². The van der Waals surface area contributed by atoms with Crippen molar-refractivity contribution in [2.24, 2.45) is 0 Å². The number of pyridine rings is 1. The molecular formula is C16H27N3O. The molecule has 0 radical (unpaired) electrons. The number of aromatic nitrogens is 1. The Hall–Kier alpha value is -0.970. The number of hydrogen-bond acceptors (Lipinski definition) is 4. The van der Waals surface area contributed by atoms with E-state index in [2.05, 4.69) is 41.2 Å². The fraction of sp³-hybridized carbons (Fsp3) is 0.688. The minimum atomic E-state index is 0.485. The summed E-state index contributed by atoms with van der Waals surface area (Å²) in [5.74, 6) is 0. The Morgan fingerprint density at radius 1 is 1.50 bits per heavy atom. The molecule has 1 aliphatic rings. The molecule has 0 aromatic carbocycles. The first-order chi connectivity index (χ1) is 9.69. The SMILES string of the molecule is CCN(Cc1cccc(C)n1)C(C)CC1COCCN1. The molecule has 2 heterocycles. The molecule has 112 valence electrons. The average Bonchev–Trinajstić information content (AvgIpc) is 2.46. The molecule has 1 fully saturated rings. The van der Waals surface area contributed by atoms with Crippen LogP contribution in [0.1, 0.15) is 31.7 Å². The van der Waals surface area contributed by atoms with Crippen molar-refractivity contribution in [2.45, 2.75) is 45.8 Å². The van der Waals surface area contributed by atoms with Crippen molar-refractivity contribution in [1.82, 2.24) is 15.2 Å². The van der Waals surface area contributed by atoms with E-state index in [0.29, 0.717) is 12.1 Å². The quantitative estimate of drug-likeness (QED) is 0.863. The Morgan fingerprint density at radius 2 is 2.35 bits per heavy atom. The fourth-order valence-corrected chi connectivity index (χ4v) is 2.81. The molecule has 1 N–H and O–H groups in total. The maximum atomic E-state index is 5.54. The van der Waals surface area contributed by atoms with Crippen molar-refractivity contribution in [3.05, 3.63) is 29.6 Å². The predicted molar refractivity (Wildman–Crippen MR) is 81.7 cm³/mol. The molecule has 2 unspecified atom stereocenters. The van der Waals surface area contributed by atoms with Crippen LogP contribution in [0.4, 0.5) is 0 Å². The minimum Gasteiger partial charge on any atom is -0.379 e. The number of nitrogens with zero attached hydrogens (tertiary/aromatic N) is 2. The summed E-state index contributed by atoms with van der Waals surface area (Å²) in [4.78, 5) is 7.09. The lowest BCUT2D eigenvalue weighted by molar-refractivity contribution is 0.0614. The van der Waals surface area contributed by atoms with Crippen LogP contribution < -0.4 is 5.32 Å². The summed E-state index contributed by atoms with van der Waals surface area (Å²) < 4.78 is 5.54. The van der Waals surface area contributed by atoms with Crippen molar-refractivity contribution < 1.29 is 4.74 Å². The first kappa shape index (κ1) is 15.4. The normalized spacial score (nSPS) is 21.1. The molecule has 2 atom stereocenters. The zero-order valence-corrected chi connectivity index (χ0v) is 12.9. The van der Waals surface area contributed by atoms with Gasteiger partial charge in [-0.25, -0.2) is 0 Å². The fourth-order valence-electron chi connectivity index (χ4n) is 2.81. The Morgan fingerprint density at radius 3 is 3.00 bits per heavy atom. The second-order valence-corrected chi connectivity index (χ2v) is 5.64. The summed E-state index contributed by atoms with van der Waals surface area (Å²) in [5.41, 5.74) is 2.25. The summed E-state index contributed by atoms with van der Waals surface area (Å²) in [6.45, 7) is 11.2. The summed E-state index contributed by atoms with van der Waals surface area (Å²) >= 11 is 0. The number of rotatable bonds is 6. The molecule has 1 aliphatic heterocycles. The van der Waals surface area contributed by atoms with E-state index < -0.39 is 0 Å². The second kappa shape index (κ2) is 7.72. The van der Waals surface area contributed by atoms with Crippen molar-refractivity contribution in [3.63, 3.8) is 0 Å². The number of aryl methyl sites for hydroxylation is 1. The van der Waals surface area contributed by atoms with Crippen molar-refractivity contribution >= 4 is 0 Å². The van der Waals surface area contributed by atoms with Crippen molar-refractivity contribution in [2.75, 3.05) is 26.3 Å². The van der Waals surface area contributed by atoms with Crippen LogP contribution in [0.25, 0.3) is 0 Å². The Kier molecular flexibility index (Phi) is 5.95. The molecule has 1 aromatic rings. The molecule has 1 aromatic heterocycles. The van der Waals surface area contributed by atoms with Crippen molar-refractivity contribution in [1.29, 1.82) is 0 Å². The van der Waals surface area contributed by atoms with Gasteiger partial charge in [-0.2, -0.15) is 0 Å². The number of morpholine rings is 1. The monoisotopic (exact) mass is 277 g/mol. The number of nitrogens with one attached hydrogen (secondary N) is 1. The summed E-state index contributed by atoms with van der Waals surface area (Å²) in [5, 5.41) is 3.53. The highest BCUT2D eigenvalue weighted by atomic mass is 16.5. The minimum absolute atomic E-state index is 0.485. The Balaban J connectivity index is 1.89. The van der Waals surface area contributed by atoms with Crippen LogP contribution in [-0.2, 0) is 11.3 Å². The second-order valence-electron chi connectivity index (χ2n) is 5.64. The van der Waals surface area contributed by atoms with E-state index in [1.807, 2.05) is 13.0 Å². The van der Waals surface area contributed by atoms with Crippen LogP contribution in [0.3, 0.4) is 0 Å². The summed E-state index contributed by atoms with van der Waals surface area (Å²) in [7, 11) is 0. The third-order valence-electron chi connectivity index (χ3n) is 3.96. The molecule has 0 saturated carbocycles. The topological polar surface area (TPSA) is 37.4 Å². The van der Waals surface area contributed by atoms with Gasteiger partial charge in [0.1, 0.15) is 0 Å². The predicted octanol–water partition coefficient (Wildman–Crippen LogP) is 1.98. The molecule has 20 heavy (non-hydrogen) atoms. The lowest BCUT2D eigenvalue weighted by Crippen LogP contribution is -2.45. The van der Waals surface area contributed by atoms with Gasteiger partial charge in [-0.05, 0) is 38.9 Å². The first-order valence-corrected chi connectivity index (χ1v) is 7.66. The molecular weight excluding hydrogens is 250 g/mol. The highest BCUT2D eigenvalue weighted by molar-refractivity contribution is 5.09. The molecule has 2 rings (SSSR count). The Labute approximate surface area is 122 Å². The molecule has 0 bridgehead atoms. The molecule has 0 aliphatic carbocycles. The third-order valence-corrected chi connectivity index (χ3v) is 3.96. The van der Waals surface area contributed by atoms with E-state index in [1.165, 1.54) is 0 Å². The summed E-state index contributed by atoms with van der Waals surface area (Å²) in [6, 6.07) is 7.27. The zero-order chi connectivity index (χ0) is 14.4. The van der Waals surface area contributed by atoms with Gasteiger partial charge in [-0.1, -0.05) is 13.0 Å². The van der Waals surface area contributed by atoms with Crippen LogP contribution in [-0.4, -0.2) is 48.3 Å². The number of hydrogen-bond donors (Lipinski definition) is 1. The summed E-state index contributed by atoms with van der Waals surface area (Å²) in [6.07, 6.45) is 1.12. The third kappa shape index (κ3) is 4.54. The maximum absolute atomic E-state index is 5.54. The highest BCUT2D eigenvalue weighted by Gasteiger charge is 2.20. The van der Waals surface area contributed by atoms with Crippen LogP contribution in [0, 0.1) is 6.92 Å². The Bertz CT molecular complexity index is 404. The van der Waals surface area contributed by atoms with Crippen LogP contribution in [0.15, 0.2) is 18.2 Å². The van der Waals surface area contributed by atoms with Gasteiger partial charge in [-0.3, -0.25) is 9.88 Å². The largest absolute Gasteiger partial charge is 0.379 e. The van der Waals surface area contributed by atoms with Gasteiger partial charge < -0.3 is 10.1 Å². The molecule has 0 amide bonds. The van der Waals surface area contributed by atoms with E-state index in [4.69, 9.17) is 4.74 Å². The molecule has 4 heteroatoms.